The first-order valence-corrected chi connectivity index (χ1v) is 13.2. The Hall–Kier alpha value is -4.74. The SMILES string of the molecule is C=CC(=O)N1CC[C@@H](Nc2n[nH]c3nccc(-c4ccc(CNC(=O)c5nn6c(c5C)OCCC6)c(F)c4)c23)C1. The van der Waals surface area contributed by atoms with E-state index in [1.807, 2.05) is 12.1 Å². The molecule has 0 aliphatic carbocycles. The molecular weight excluding hydrogens is 515 g/mol. The second-order valence-electron chi connectivity index (χ2n) is 9.97. The van der Waals surface area contributed by atoms with Crippen molar-refractivity contribution < 1.29 is 18.7 Å². The minimum Gasteiger partial charge on any atom is -0.478 e. The number of likely N-dealkylation sites (tertiary alicyclic amines) is 1. The highest BCUT2D eigenvalue weighted by Gasteiger charge is 2.27. The van der Waals surface area contributed by atoms with Crippen molar-refractivity contribution in [1.29, 1.82) is 0 Å². The second kappa shape index (κ2) is 10.4. The maximum atomic E-state index is 15.3. The number of anilines is 1. The Labute approximate surface area is 229 Å². The summed E-state index contributed by atoms with van der Waals surface area (Å²) in [5.74, 6) is 0.281. The van der Waals surface area contributed by atoms with Crippen LogP contribution < -0.4 is 15.4 Å². The number of benzene rings is 1. The molecule has 3 aromatic heterocycles. The van der Waals surface area contributed by atoms with Gasteiger partial charge in [0.15, 0.2) is 17.2 Å². The second-order valence-corrected chi connectivity index (χ2v) is 9.97. The summed E-state index contributed by atoms with van der Waals surface area (Å²) >= 11 is 0. The fraction of sp³-hybridized carbons (Fsp3) is 0.321. The lowest BCUT2D eigenvalue weighted by atomic mass is 10.0. The number of carbonyl (C=O) groups excluding carboxylic acids is 2. The van der Waals surface area contributed by atoms with E-state index in [-0.39, 0.29) is 30.1 Å². The van der Waals surface area contributed by atoms with Crippen molar-refractivity contribution in [2.75, 3.05) is 25.0 Å². The predicted molar refractivity (Wildman–Crippen MR) is 146 cm³/mol. The zero-order valence-electron chi connectivity index (χ0n) is 22.0. The average molecular weight is 545 g/mol. The highest BCUT2D eigenvalue weighted by Crippen LogP contribution is 2.33. The predicted octanol–water partition coefficient (Wildman–Crippen LogP) is 3.18. The van der Waals surface area contributed by atoms with Crippen LogP contribution in [0, 0.1) is 12.7 Å². The lowest BCUT2D eigenvalue weighted by Gasteiger charge is -2.15. The number of amides is 2. The summed E-state index contributed by atoms with van der Waals surface area (Å²) < 4.78 is 22.6. The number of halogens is 1. The van der Waals surface area contributed by atoms with Gasteiger partial charge in [-0.1, -0.05) is 18.7 Å². The summed E-state index contributed by atoms with van der Waals surface area (Å²) in [6, 6.07) is 6.75. The van der Waals surface area contributed by atoms with Crippen molar-refractivity contribution in [2.24, 2.45) is 0 Å². The van der Waals surface area contributed by atoms with Crippen molar-refractivity contribution in [3.05, 3.63) is 65.8 Å². The maximum Gasteiger partial charge on any atom is 0.272 e. The molecule has 2 aliphatic heterocycles. The molecule has 206 valence electrons. The zero-order chi connectivity index (χ0) is 27.8. The summed E-state index contributed by atoms with van der Waals surface area (Å²) in [7, 11) is 0. The lowest BCUT2D eigenvalue weighted by molar-refractivity contribution is -0.125. The number of carbonyl (C=O) groups is 2. The van der Waals surface area contributed by atoms with Crippen LogP contribution >= 0.6 is 0 Å². The molecule has 0 saturated carbocycles. The van der Waals surface area contributed by atoms with E-state index >= 15 is 4.39 Å². The van der Waals surface area contributed by atoms with Crippen LogP contribution in [0.25, 0.3) is 22.2 Å². The maximum absolute atomic E-state index is 15.3. The third-order valence-corrected chi connectivity index (χ3v) is 7.38. The van der Waals surface area contributed by atoms with Gasteiger partial charge >= 0.3 is 0 Å². The number of hydrogen-bond acceptors (Lipinski definition) is 7. The molecule has 1 atom stereocenters. The molecule has 12 heteroatoms. The topological polar surface area (TPSA) is 130 Å². The van der Waals surface area contributed by atoms with E-state index in [4.69, 9.17) is 4.74 Å². The van der Waals surface area contributed by atoms with Gasteiger partial charge in [0.2, 0.25) is 11.8 Å². The van der Waals surface area contributed by atoms with Crippen LogP contribution in [0.5, 0.6) is 5.88 Å². The van der Waals surface area contributed by atoms with Crippen LogP contribution in [-0.2, 0) is 17.9 Å². The Morgan fingerprint density at radius 2 is 2.17 bits per heavy atom. The van der Waals surface area contributed by atoms with Gasteiger partial charge in [0.1, 0.15) is 5.82 Å². The van der Waals surface area contributed by atoms with Gasteiger partial charge in [-0.15, -0.1) is 0 Å². The first kappa shape index (κ1) is 25.5. The van der Waals surface area contributed by atoms with Gasteiger partial charge in [-0.05, 0) is 42.7 Å². The third-order valence-electron chi connectivity index (χ3n) is 7.38. The summed E-state index contributed by atoms with van der Waals surface area (Å²) in [6.45, 7) is 7.84. The Morgan fingerprint density at radius 1 is 1.30 bits per heavy atom. The molecule has 0 bridgehead atoms. The molecule has 2 amide bonds. The Kier molecular flexibility index (Phi) is 6.66. The van der Waals surface area contributed by atoms with E-state index in [1.165, 1.54) is 12.1 Å². The molecule has 1 fully saturated rings. The van der Waals surface area contributed by atoms with Gasteiger partial charge < -0.3 is 20.3 Å². The molecule has 1 aromatic carbocycles. The molecule has 6 rings (SSSR count). The van der Waals surface area contributed by atoms with Crippen molar-refractivity contribution in [1.82, 2.24) is 35.2 Å². The molecule has 40 heavy (non-hydrogen) atoms. The van der Waals surface area contributed by atoms with Crippen molar-refractivity contribution in [3.63, 3.8) is 0 Å². The van der Waals surface area contributed by atoms with Gasteiger partial charge in [-0.25, -0.2) is 14.1 Å². The fourth-order valence-electron chi connectivity index (χ4n) is 5.28. The number of fused-ring (bicyclic) bond motifs is 2. The highest BCUT2D eigenvalue weighted by atomic mass is 19.1. The first-order valence-electron chi connectivity index (χ1n) is 13.2. The monoisotopic (exact) mass is 544 g/mol. The molecule has 4 aromatic rings. The summed E-state index contributed by atoms with van der Waals surface area (Å²) in [5.41, 5.74) is 3.28. The molecule has 1 saturated heterocycles. The Bertz CT molecular complexity index is 1630. The number of H-pyrrole nitrogens is 1. The number of aromatic nitrogens is 5. The minimum atomic E-state index is -0.445. The van der Waals surface area contributed by atoms with E-state index in [2.05, 4.69) is 37.5 Å². The smallest absolute Gasteiger partial charge is 0.272 e. The molecule has 11 nitrogen and oxygen atoms in total. The number of hydrogen-bond donors (Lipinski definition) is 3. The first-order chi connectivity index (χ1) is 19.4. The van der Waals surface area contributed by atoms with Crippen LogP contribution in [0.1, 0.15) is 34.5 Å². The number of nitrogens with zero attached hydrogens (tertiary/aromatic N) is 5. The van der Waals surface area contributed by atoms with Crippen molar-refractivity contribution in [2.45, 2.75) is 38.9 Å². The number of nitrogens with one attached hydrogen (secondary N) is 3. The molecule has 0 unspecified atom stereocenters. The Balaban J connectivity index is 1.19. The number of aryl methyl sites for hydroxylation is 1. The van der Waals surface area contributed by atoms with Crippen molar-refractivity contribution in [3.8, 4) is 17.0 Å². The van der Waals surface area contributed by atoms with Crippen LogP contribution in [0.3, 0.4) is 0 Å². The van der Waals surface area contributed by atoms with Gasteiger partial charge in [0.25, 0.3) is 5.91 Å². The Morgan fingerprint density at radius 3 is 2.98 bits per heavy atom. The fourth-order valence-corrected chi connectivity index (χ4v) is 5.28. The molecule has 2 aliphatic rings. The van der Waals surface area contributed by atoms with E-state index < -0.39 is 5.82 Å². The zero-order valence-corrected chi connectivity index (χ0v) is 22.0. The average Bonchev–Trinajstić information content (AvgIpc) is 3.70. The van der Waals surface area contributed by atoms with Gasteiger partial charge in [0, 0.05) is 56.0 Å². The van der Waals surface area contributed by atoms with E-state index in [0.717, 1.165) is 23.8 Å². The minimum absolute atomic E-state index is 0.0132. The molecule has 0 spiro atoms. The number of ether oxygens (including phenoxy) is 1. The summed E-state index contributed by atoms with van der Waals surface area (Å²) in [4.78, 5) is 30.9. The van der Waals surface area contributed by atoms with Crippen LogP contribution in [0.15, 0.2) is 43.1 Å². The van der Waals surface area contributed by atoms with E-state index in [9.17, 15) is 9.59 Å². The van der Waals surface area contributed by atoms with Gasteiger partial charge in [-0.3, -0.25) is 14.7 Å². The van der Waals surface area contributed by atoms with Crippen LogP contribution in [0.2, 0.25) is 0 Å². The largest absolute Gasteiger partial charge is 0.478 e. The normalized spacial score (nSPS) is 16.4. The van der Waals surface area contributed by atoms with Crippen LogP contribution in [0.4, 0.5) is 10.2 Å². The standard InChI is InChI=1S/C28H29FN8O3/c1-3-22(38)36-11-8-19(15-36)32-26-23-20(7-9-30-25(23)33-34-26)17-5-6-18(21(29)13-17)14-31-27(39)24-16(2)28-37(35-24)10-4-12-40-28/h3,5-7,9,13,19H,1,4,8,10-12,14-15H2,2H3,(H,31,39)(H2,30,32,33,34)/t19-/m1/s1. The quantitative estimate of drug-likeness (QED) is 0.305. The molecule has 5 heterocycles. The van der Waals surface area contributed by atoms with Crippen molar-refractivity contribution >= 4 is 28.7 Å². The third kappa shape index (κ3) is 4.65. The highest BCUT2D eigenvalue weighted by molar-refractivity contribution is 6.00. The van der Waals surface area contributed by atoms with Gasteiger partial charge in [0.05, 0.1) is 12.0 Å². The van der Waals surface area contributed by atoms with Crippen LogP contribution in [-0.4, -0.2) is 67.4 Å². The van der Waals surface area contributed by atoms with E-state index in [1.54, 1.807) is 28.8 Å². The summed E-state index contributed by atoms with van der Waals surface area (Å²) in [6.07, 6.45) is 4.57. The number of rotatable bonds is 7. The van der Waals surface area contributed by atoms with Gasteiger partial charge in [-0.2, -0.15) is 10.2 Å². The molecule has 3 N–H and O–H groups in total. The number of aromatic amines is 1. The number of pyridine rings is 1. The van der Waals surface area contributed by atoms with E-state index in [0.29, 0.717) is 60.3 Å². The lowest BCUT2D eigenvalue weighted by Crippen LogP contribution is -2.30. The summed E-state index contributed by atoms with van der Waals surface area (Å²) in [5, 5.41) is 18.6. The molecule has 0 radical (unpaired) electrons. The molecular formula is C28H29FN8O3.